The summed E-state index contributed by atoms with van der Waals surface area (Å²) in [4.78, 5) is 12.4. The molecule has 0 aliphatic rings. The molecule has 1 amide bonds. The second-order valence-electron chi connectivity index (χ2n) is 6.34. The molecule has 2 aromatic carbocycles. The van der Waals surface area contributed by atoms with Gasteiger partial charge >= 0.3 is 0 Å². The first-order chi connectivity index (χ1) is 13.6. The van der Waals surface area contributed by atoms with E-state index in [0.29, 0.717) is 13.0 Å². The third-order valence-corrected chi connectivity index (χ3v) is 5.42. The maximum absolute atomic E-state index is 12.9. The second kappa shape index (κ2) is 9.50. The Morgan fingerprint density at radius 3 is 2.54 bits per heavy atom. The third-order valence-electron chi connectivity index (χ3n) is 4.34. The van der Waals surface area contributed by atoms with Gasteiger partial charge in [-0.05, 0) is 38.0 Å². The van der Waals surface area contributed by atoms with Crippen LogP contribution in [0.1, 0.15) is 19.4 Å². The number of aromatic nitrogens is 3. The van der Waals surface area contributed by atoms with Crippen molar-refractivity contribution in [1.29, 1.82) is 0 Å². The van der Waals surface area contributed by atoms with Crippen molar-refractivity contribution >= 4 is 17.7 Å². The summed E-state index contributed by atoms with van der Waals surface area (Å²) in [6, 6.07) is 16.2. The highest BCUT2D eigenvalue weighted by atomic mass is 32.2. The van der Waals surface area contributed by atoms with E-state index in [-0.39, 0.29) is 17.0 Å². The van der Waals surface area contributed by atoms with Gasteiger partial charge in [0.1, 0.15) is 5.82 Å². The van der Waals surface area contributed by atoms with Crippen molar-refractivity contribution < 1.29 is 9.18 Å². The molecule has 1 aromatic heterocycles. The van der Waals surface area contributed by atoms with Crippen LogP contribution < -0.4 is 5.32 Å². The minimum atomic E-state index is -0.300. The quantitative estimate of drug-likeness (QED) is 0.584. The van der Waals surface area contributed by atoms with E-state index in [1.54, 1.807) is 12.1 Å². The van der Waals surface area contributed by atoms with Crippen LogP contribution >= 0.6 is 11.8 Å². The standard InChI is InChI=1S/C21H23FN4OS/c1-3-26-19(17-7-5-4-6-8-17)24-25-21(26)28-15(2)20(27)23-14-13-16-9-11-18(22)12-10-16/h4-12,15H,3,13-14H2,1-2H3,(H,23,27)/t15-/m1/s1. The van der Waals surface area contributed by atoms with Gasteiger partial charge in [-0.2, -0.15) is 0 Å². The Labute approximate surface area is 168 Å². The van der Waals surface area contributed by atoms with E-state index in [2.05, 4.69) is 15.5 Å². The zero-order valence-electron chi connectivity index (χ0n) is 15.9. The van der Waals surface area contributed by atoms with Crippen LogP contribution in [-0.2, 0) is 17.8 Å². The number of amides is 1. The predicted octanol–water partition coefficient (Wildman–Crippen LogP) is 3.94. The number of hydrogen-bond acceptors (Lipinski definition) is 4. The number of thioether (sulfide) groups is 1. The molecule has 0 aliphatic carbocycles. The van der Waals surface area contributed by atoms with Crippen molar-refractivity contribution in [2.75, 3.05) is 6.54 Å². The Morgan fingerprint density at radius 1 is 1.14 bits per heavy atom. The number of halogens is 1. The summed E-state index contributed by atoms with van der Waals surface area (Å²) in [6.07, 6.45) is 0.659. The molecule has 0 bridgehead atoms. The molecule has 3 aromatic rings. The molecule has 28 heavy (non-hydrogen) atoms. The van der Waals surface area contributed by atoms with Gasteiger partial charge in [0.15, 0.2) is 11.0 Å². The first kappa shape index (κ1) is 20.1. The van der Waals surface area contributed by atoms with Crippen LogP contribution in [0, 0.1) is 5.82 Å². The number of hydrogen-bond donors (Lipinski definition) is 1. The van der Waals surface area contributed by atoms with Gasteiger partial charge in [-0.25, -0.2) is 4.39 Å². The summed E-state index contributed by atoms with van der Waals surface area (Å²) in [5.41, 5.74) is 1.99. The lowest BCUT2D eigenvalue weighted by Crippen LogP contribution is -2.32. The van der Waals surface area contributed by atoms with E-state index < -0.39 is 0 Å². The number of carbonyl (C=O) groups excluding carboxylic acids is 1. The van der Waals surface area contributed by atoms with Gasteiger partial charge in [0.25, 0.3) is 0 Å². The van der Waals surface area contributed by atoms with Gasteiger partial charge in [-0.15, -0.1) is 10.2 Å². The summed E-state index contributed by atoms with van der Waals surface area (Å²) >= 11 is 1.39. The van der Waals surface area contributed by atoms with Crippen LogP contribution in [0.5, 0.6) is 0 Å². The molecule has 0 saturated carbocycles. The second-order valence-corrected chi connectivity index (χ2v) is 7.65. The lowest BCUT2D eigenvalue weighted by Gasteiger charge is -2.13. The Morgan fingerprint density at radius 2 is 1.86 bits per heavy atom. The summed E-state index contributed by atoms with van der Waals surface area (Å²) in [7, 11) is 0. The van der Waals surface area contributed by atoms with Crippen molar-refractivity contribution in [2.45, 2.75) is 37.2 Å². The Hall–Kier alpha value is -2.67. The van der Waals surface area contributed by atoms with Crippen molar-refractivity contribution in [2.24, 2.45) is 0 Å². The summed E-state index contributed by atoms with van der Waals surface area (Å²) < 4.78 is 15.0. The van der Waals surface area contributed by atoms with E-state index in [1.807, 2.05) is 48.7 Å². The van der Waals surface area contributed by atoms with Gasteiger partial charge in [0.05, 0.1) is 5.25 Å². The summed E-state index contributed by atoms with van der Waals surface area (Å²) in [5.74, 6) is 0.487. The van der Waals surface area contributed by atoms with Crippen molar-refractivity contribution in [3.8, 4) is 11.4 Å². The highest BCUT2D eigenvalue weighted by Gasteiger charge is 2.20. The smallest absolute Gasteiger partial charge is 0.233 e. The summed E-state index contributed by atoms with van der Waals surface area (Å²) in [5, 5.41) is 11.9. The first-order valence-corrected chi connectivity index (χ1v) is 10.1. The van der Waals surface area contributed by atoms with E-state index in [9.17, 15) is 9.18 Å². The highest BCUT2D eigenvalue weighted by molar-refractivity contribution is 8.00. The molecule has 7 heteroatoms. The van der Waals surface area contributed by atoms with Crippen LogP contribution in [0.2, 0.25) is 0 Å². The van der Waals surface area contributed by atoms with Gasteiger partial charge in [-0.3, -0.25) is 4.79 Å². The Kier molecular flexibility index (Phi) is 6.81. The fraction of sp³-hybridized carbons (Fsp3) is 0.286. The fourth-order valence-corrected chi connectivity index (χ4v) is 3.74. The molecule has 1 N–H and O–H groups in total. The van der Waals surface area contributed by atoms with Crippen LogP contribution in [-0.4, -0.2) is 32.5 Å². The van der Waals surface area contributed by atoms with Crippen molar-refractivity contribution in [3.63, 3.8) is 0 Å². The number of nitrogens with zero attached hydrogens (tertiary/aromatic N) is 3. The third kappa shape index (κ3) is 4.98. The molecule has 0 unspecified atom stereocenters. The fourth-order valence-electron chi connectivity index (χ4n) is 2.80. The van der Waals surface area contributed by atoms with Gasteiger partial charge in [0, 0.05) is 18.7 Å². The average molecular weight is 399 g/mol. The van der Waals surface area contributed by atoms with E-state index >= 15 is 0 Å². The molecule has 0 saturated heterocycles. The molecule has 0 fully saturated rings. The molecule has 1 atom stereocenters. The first-order valence-electron chi connectivity index (χ1n) is 9.26. The van der Waals surface area contributed by atoms with E-state index in [1.165, 1.54) is 23.9 Å². The molecule has 146 valence electrons. The lowest BCUT2D eigenvalue weighted by molar-refractivity contribution is -0.120. The van der Waals surface area contributed by atoms with Crippen molar-refractivity contribution in [3.05, 3.63) is 66.0 Å². The molecule has 3 rings (SSSR count). The number of benzene rings is 2. The zero-order valence-corrected chi connectivity index (χ0v) is 16.7. The number of carbonyl (C=O) groups is 1. The van der Waals surface area contributed by atoms with E-state index in [4.69, 9.17) is 0 Å². The van der Waals surface area contributed by atoms with Crippen LogP contribution in [0.25, 0.3) is 11.4 Å². The lowest BCUT2D eigenvalue weighted by atomic mass is 10.1. The maximum atomic E-state index is 12.9. The van der Waals surface area contributed by atoms with Crippen LogP contribution in [0.4, 0.5) is 4.39 Å². The van der Waals surface area contributed by atoms with E-state index in [0.717, 1.165) is 28.7 Å². The molecule has 5 nitrogen and oxygen atoms in total. The average Bonchev–Trinajstić information content (AvgIpc) is 3.12. The molecule has 0 spiro atoms. The largest absolute Gasteiger partial charge is 0.355 e. The molecule has 0 aliphatic heterocycles. The zero-order chi connectivity index (χ0) is 19.9. The number of nitrogens with one attached hydrogen (secondary N) is 1. The van der Waals surface area contributed by atoms with Gasteiger partial charge in [-0.1, -0.05) is 54.2 Å². The van der Waals surface area contributed by atoms with Crippen LogP contribution in [0.15, 0.2) is 59.8 Å². The normalized spacial score (nSPS) is 12.0. The minimum Gasteiger partial charge on any atom is -0.355 e. The topological polar surface area (TPSA) is 59.8 Å². The Balaban J connectivity index is 1.58. The Bertz CT molecular complexity index is 912. The molecular formula is C21H23FN4OS. The molecule has 0 radical (unpaired) electrons. The monoisotopic (exact) mass is 398 g/mol. The molecular weight excluding hydrogens is 375 g/mol. The van der Waals surface area contributed by atoms with Gasteiger partial charge < -0.3 is 9.88 Å². The minimum absolute atomic E-state index is 0.0565. The highest BCUT2D eigenvalue weighted by Crippen LogP contribution is 2.26. The molecule has 1 heterocycles. The van der Waals surface area contributed by atoms with Crippen molar-refractivity contribution in [1.82, 2.24) is 20.1 Å². The SMILES string of the molecule is CCn1c(S[C@H](C)C(=O)NCCc2ccc(F)cc2)nnc1-c1ccccc1. The number of rotatable bonds is 8. The van der Waals surface area contributed by atoms with Crippen LogP contribution in [0.3, 0.4) is 0 Å². The summed E-state index contributed by atoms with van der Waals surface area (Å²) in [6.45, 7) is 5.12. The predicted molar refractivity (Wildman–Crippen MR) is 110 cm³/mol. The maximum Gasteiger partial charge on any atom is 0.233 e. The van der Waals surface area contributed by atoms with Gasteiger partial charge in [0.2, 0.25) is 5.91 Å².